The summed E-state index contributed by atoms with van der Waals surface area (Å²) in [6.07, 6.45) is 0. The highest BCUT2D eigenvalue weighted by Gasteiger charge is 1.89. The van der Waals surface area contributed by atoms with E-state index in [2.05, 4.69) is 0 Å². The molecule has 33 valence electrons. The van der Waals surface area contributed by atoms with Gasteiger partial charge in [0.25, 0.3) is 0 Å². The first-order valence-corrected chi connectivity index (χ1v) is 3.50. The van der Waals surface area contributed by atoms with E-state index in [-0.39, 0.29) is 15.2 Å². The van der Waals surface area contributed by atoms with Gasteiger partial charge in [-0.05, 0) is 6.92 Å². The molecule has 0 aliphatic rings. The standard InChI is InChI=1S/C2H3O.C2H5.Al/c1-2-3;1-2;/h1H3;1H2,2H3;. The van der Waals surface area contributed by atoms with Crippen LogP contribution in [0.5, 0.6) is 0 Å². The Bertz CT molecular complexity index is 51.5. The molecule has 2 heteroatoms. The third kappa shape index (κ3) is 4.20. The lowest BCUT2D eigenvalue weighted by Gasteiger charge is -1.76. The Morgan fingerprint density at radius 3 is 2.33 bits per heavy atom. The maximum Gasteiger partial charge on any atom is 0.312 e. The van der Waals surface area contributed by atoms with Crippen molar-refractivity contribution in [1.29, 1.82) is 0 Å². The Balaban J connectivity index is 2.83. The van der Waals surface area contributed by atoms with Crippen molar-refractivity contribution in [2.75, 3.05) is 0 Å². The maximum atomic E-state index is 10.1. The predicted molar refractivity (Wildman–Crippen MR) is 26.9 cm³/mol. The summed E-state index contributed by atoms with van der Waals surface area (Å²) in [5.74, 6) is 0. The molecule has 0 aromatic carbocycles. The van der Waals surface area contributed by atoms with Gasteiger partial charge in [-0.3, -0.25) is 0 Å². The van der Waals surface area contributed by atoms with Crippen molar-refractivity contribution in [3.8, 4) is 0 Å². The van der Waals surface area contributed by atoms with Gasteiger partial charge in [0.2, 0.25) is 0 Å². The van der Waals surface area contributed by atoms with Crippen molar-refractivity contribution < 1.29 is 4.79 Å². The molecule has 0 aromatic rings. The highest BCUT2D eigenvalue weighted by Crippen LogP contribution is 1.71. The minimum atomic E-state index is 0.125. The lowest BCUT2D eigenvalue weighted by Crippen LogP contribution is -1.99. The number of rotatable bonds is 2. The van der Waals surface area contributed by atoms with Crippen LogP contribution >= 0.6 is 0 Å². The molecule has 0 saturated heterocycles. The number of carbonyl (C=O) groups is 1. The summed E-state index contributed by atoms with van der Waals surface area (Å²) in [7, 11) is 0. The summed E-state index contributed by atoms with van der Waals surface area (Å²) in [4.78, 5) is 10.1. The van der Waals surface area contributed by atoms with E-state index in [1.807, 2.05) is 6.92 Å². The Labute approximate surface area is 44.5 Å². The van der Waals surface area contributed by atoms with Gasteiger partial charge >= 0.3 is 15.2 Å². The molecule has 1 radical (unpaired) electrons. The van der Waals surface area contributed by atoms with Crippen LogP contribution < -0.4 is 0 Å². The zero-order valence-corrected chi connectivity index (χ0v) is 5.35. The molecule has 6 heavy (non-hydrogen) atoms. The van der Waals surface area contributed by atoms with E-state index in [9.17, 15) is 4.79 Å². The molecule has 0 N–H and O–H groups in total. The molecule has 0 atom stereocenters. The molecule has 0 bridgehead atoms. The molecule has 0 rings (SSSR count). The van der Waals surface area contributed by atoms with Crippen LogP contribution in [-0.2, 0) is 4.79 Å². The van der Waals surface area contributed by atoms with E-state index in [0.717, 1.165) is 5.28 Å². The lowest BCUT2D eigenvalue weighted by atomic mass is 10.9. The first-order chi connectivity index (χ1) is 2.77. The van der Waals surface area contributed by atoms with E-state index < -0.39 is 0 Å². The van der Waals surface area contributed by atoms with Gasteiger partial charge in [0.05, 0.1) is 0 Å². The molecule has 1 nitrogen and oxygen atoms in total. The summed E-state index contributed by atoms with van der Waals surface area (Å²) in [6.45, 7) is 3.69. The van der Waals surface area contributed by atoms with Crippen molar-refractivity contribution in [1.82, 2.24) is 0 Å². The minimum Gasteiger partial charge on any atom is -0.322 e. The van der Waals surface area contributed by atoms with Crippen LogP contribution in [0.25, 0.3) is 0 Å². The SMILES string of the molecule is C[CH2][Al][C](C)=O. The van der Waals surface area contributed by atoms with Crippen molar-refractivity contribution in [2.45, 2.75) is 19.1 Å². The maximum absolute atomic E-state index is 10.1. The topological polar surface area (TPSA) is 17.1 Å². The average molecular weight is 99.1 g/mol. The fourth-order valence-corrected chi connectivity index (χ4v) is 0.862. The van der Waals surface area contributed by atoms with E-state index in [1.165, 1.54) is 0 Å². The largest absolute Gasteiger partial charge is 0.322 e. The quantitative estimate of drug-likeness (QED) is 0.465. The van der Waals surface area contributed by atoms with Crippen LogP contribution in [0, 0.1) is 0 Å². The molecule has 0 aromatic heterocycles. The Morgan fingerprint density at radius 1 is 1.83 bits per heavy atom. The monoisotopic (exact) mass is 99.0 g/mol. The molecular weight excluding hydrogens is 91.0 g/mol. The highest BCUT2D eigenvalue weighted by molar-refractivity contribution is 6.73. The van der Waals surface area contributed by atoms with E-state index in [4.69, 9.17) is 0 Å². The van der Waals surface area contributed by atoms with Gasteiger partial charge in [-0.15, -0.1) is 0 Å². The highest BCUT2D eigenvalue weighted by atomic mass is 27.1. The molecule has 0 heterocycles. The van der Waals surface area contributed by atoms with Gasteiger partial charge in [-0.1, -0.05) is 12.2 Å². The summed E-state index contributed by atoms with van der Waals surface area (Å²) >= 11 is 0.125. The van der Waals surface area contributed by atoms with E-state index in [0.29, 0.717) is 4.65 Å². The van der Waals surface area contributed by atoms with Crippen LogP contribution in [0.3, 0.4) is 0 Å². The third-order valence-electron chi connectivity index (χ3n) is 0.492. The van der Waals surface area contributed by atoms with E-state index >= 15 is 0 Å². The Morgan fingerprint density at radius 2 is 2.33 bits per heavy atom. The Kier molecular flexibility index (Phi) is 3.51. The second kappa shape index (κ2) is 3.39. The average Bonchev–Trinajstić information content (AvgIpc) is 1.35. The first-order valence-electron chi connectivity index (χ1n) is 2.11. The molecule has 0 spiro atoms. The molecule has 0 unspecified atom stereocenters. The fourth-order valence-electron chi connectivity index (χ4n) is 0.287. The molecule has 0 amide bonds. The Hall–Kier alpha value is 0.202. The van der Waals surface area contributed by atoms with Crippen molar-refractivity contribution in [3.63, 3.8) is 0 Å². The van der Waals surface area contributed by atoms with Gasteiger partial charge in [0, 0.05) is 4.65 Å². The molecule has 0 aliphatic heterocycles. The molecule has 0 saturated carbocycles. The van der Waals surface area contributed by atoms with Gasteiger partial charge in [-0.2, -0.15) is 0 Å². The number of carbonyl (C=O) groups excluding carboxylic acids is 1. The van der Waals surface area contributed by atoms with Gasteiger partial charge < -0.3 is 4.79 Å². The fraction of sp³-hybridized carbons (Fsp3) is 0.750. The number of hydrogen-bond acceptors (Lipinski definition) is 1. The summed E-state index contributed by atoms with van der Waals surface area (Å²) in [5.41, 5.74) is 0. The number of hydrogen-bond donors (Lipinski definition) is 0. The minimum absolute atomic E-state index is 0.125. The lowest BCUT2D eigenvalue weighted by molar-refractivity contribution is -0.110. The summed E-state index contributed by atoms with van der Waals surface area (Å²) in [5, 5.41) is 1.06. The normalized spacial score (nSPS) is 7.67. The van der Waals surface area contributed by atoms with Crippen LogP contribution in [-0.4, -0.2) is 19.9 Å². The van der Waals surface area contributed by atoms with Crippen molar-refractivity contribution in [2.24, 2.45) is 0 Å². The van der Waals surface area contributed by atoms with Gasteiger partial charge in [0.1, 0.15) is 0 Å². The summed E-state index contributed by atoms with van der Waals surface area (Å²) < 4.78 is 0.373. The van der Waals surface area contributed by atoms with Crippen LogP contribution in [0.2, 0.25) is 5.28 Å². The zero-order chi connectivity index (χ0) is 4.99. The summed E-state index contributed by atoms with van der Waals surface area (Å²) in [6, 6.07) is 0. The van der Waals surface area contributed by atoms with Crippen molar-refractivity contribution in [3.05, 3.63) is 0 Å². The second-order valence-electron chi connectivity index (χ2n) is 1.22. The van der Waals surface area contributed by atoms with Gasteiger partial charge in [-0.25, -0.2) is 0 Å². The van der Waals surface area contributed by atoms with Crippen LogP contribution in [0.4, 0.5) is 0 Å². The molecule has 0 aliphatic carbocycles. The van der Waals surface area contributed by atoms with E-state index in [1.54, 1.807) is 6.92 Å². The van der Waals surface area contributed by atoms with Gasteiger partial charge in [0.15, 0.2) is 0 Å². The van der Waals surface area contributed by atoms with Crippen LogP contribution in [0.1, 0.15) is 13.8 Å². The first kappa shape index (κ1) is 6.20. The molecule has 0 fully saturated rings. The smallest absolute Gasteiger partial charge is 0.312 e. The molecular formula is C4H8AlO. The zero-order valence-electron chi connectivity index (χ0n) is 4.19. The second-order valence-corrected chi connectivity index (χ2v) is 3.26. The third-order valence-corrected chi connectivity index (χ3v) is 1.47. The van der Waals surface area contributed by atoms with Crippen LogP contribution in [0.15, 0.2) is 0 Å². The van der Waals surface area contributed by atoms with Crippen molar-refractivity contribution >= 4 is 19.9 Å². The predicted octanol–water partition coefficient (Wildman–Crippen LogP) is 0.675.